The Morgan fingerprint density at radius 1 is 1.11 bits per heavy atom. The second-order valence-corrected chi connectivity index (χ2v) is 3.96. The van der Waals surface area contributed by atoms with Crippen LogP contribution in [0.25, 0.3) is 11.3 Å². The van der Waals surface area contributed by atoms with Crippen LogP contribution in [0.15, 0.2) is 36.5 Å². The van der Waals surface area contributed by atoms with Gasteiger partial charge in [0, 0.05) is 11.8 Å². The zero-order chi connectivity index (χ0) is 13.7. The van der Waals surface area contributed by atoms with Gasteiger partial charge in [-0.3, -0.25) is 4.98 Å². The van der Waals surface area contributed by atoms with E-state index in [-0.39, 0.29) is 0 Å². The van der Waals surface area contributed by atoms with E-state index in [1.165, 1.54) is 0 Å². The van der Waals surface area contributed by atoms with Crippen LogP contribution in [-0.2, 0) is 6.42 Å². The Hall–Kier alpha value is -2.54. The van der Waals surface area contributed by atoms with Gasteiger partial charge in [0.1, 0.15) is 0 Å². The molecule has 0 aliphatic heterocycles. The number of ether oxygens (including phenoxy) is 2. The quantitative estimate of drug-likeness (QED) is 0.841. The minimum atomic E-state index is 0.374. The molecule has 19 heavy (non-hydrogen) atoms. The fourth-order valence-corrected chi connectivity index (χ4v) is 1.79. The van der Waals surface area contributed by atoms with Crippen LogP contribution in [0.3, 0.4) is 0 Å². The molecule has 0 saturated carbocycles. The number of nitrogens with zero attached hydrogens (tertiary/aromatic N) is 2. The van der Waals surface area contributed by atoms with Crippen molar-refractivity contribution in [1.82, 2.24) is 4.98 Å². The molecule has 1 aromatic carbocycles. The average Bonchev–Trinajstić information content (AvgIpc) is 2.47. The number of nitriles is 1. The zero-order valence-electron chi connectivity index (χ0n) is 10.9. The molecule has 0 bridgehead atoms. The molecule has 2 aromatic rings. The van der Waals surface area contributed by atoms with E-state index in [1.54, 1.807) is 20.4 Å². The lowest BCUT2D eigenvalue weighted by Crippen LogP contribution is -1.92. The van der Waals surface area contributed by atoms with Crippen LogP contribution < -0.4 is 9.47 Å². The smallest absolute Gasteiger partial charge is 0.161 e. The van der Waals surface area contributed by atoms with Gasteiger partial charge in [-0.1, -0.05) is 6.07 Å². The van der Waals surface area contributed by atoms with Crippen LogP contribution in [0.2, 0.25) is 0 Å². The van der Waals surface area contributed by atoms with E-state index in [2.05, 4.69) is 11.1 Å². The summed E-state index contributed by atoms with van der Waals surface area (Å²) < 4.78 is 10.5. The largest absolute Gasteiger partial charge is 0.493 e. The summed E-state index contributed by atoms with van der Waals surface area (Å²) in [6, 6.07) is 11.6. The SMILES string of the molecule is COc1ccc(-c2ccc(CC#N)cn2)cc1OC. The zero-order valence-corrected chi connectivity index (χ0v) is 10.9. The van der Waals surface area contributed by atoms with Gasteiger partial charge >= 0.3 is 0 Å². The molecule has 1 aromatic heterocycles. The Kier molecular flexibility index (Phi) is 3.99. The summed E-state index contributed by atoms with van der Waals surface area (Å²) in [6.45, 7) is 0. The molecule has 4 heteroatoms. The molecule has 0 N–H and O–H groups in total. The highest BCUT2D eigenvalue weighted by atomic mass is 16.5. The molecule has 0 atom stereocenters. The van der Waals surface area contributed by atoms with E-state index in [0.717, 1.165) is 16.8 Å². The van der Waals surface area contributed by atoms with E-state index in [4.69, 9.17) is 14.7 Å². The minimum absolute atomic E-state index is 0.374. The Morgan fingerprint density at radius 3 is 2.47 bits per heavy atom. The molecule has 0 unspecified atom stereocenters. The molecule has 0 spiro atoms. The monoisotopic (exact) mass is 254 g/mol. The first-order valence-electron chi connectivity index (χ1n) is 5.82. The van der Waals surface area contributed by atoms with E-state index < -0.39 is 0 Å². The summed E-state index contributed by atoms with van der Waals surface area (Å²) >= 11 is 0. The maximum absolute atomic E-state index is 8.62. The Bertz CT molecular complexity index is 601. The van der Waals surface area contributed by atoms with E-state index >= 15 is 0 Å². The minimum Gasteiger partial charge on any atom is -0.493 e. The Labute approximate surface area is 112 Å². The maximum Gasteiger partial charge on any atom is 0.161 e. The predicted octanol–water partition coefficient (Wildman–Crippen LogP) is 2.83. The third kappa shape index (κ3) is 2.83. The number of rotatable bonds is 4. The normalized spacial score (nSPS) is 9.74. The number of methoxy groups -OCH3 is 2. The van der Waals surface area contributed by atoms with Gasteiger partial charge in [-0.15, -0.1) is 0 Å². The molecule has 96 valence electrons. The second-order valence-electron chi connectivity index (χ2n) is 3.96. The lowest BCUT2D eigenvalue weighted by atomic mass is 10.1. The highest BCUT2D eigenvalue weighted by molar-refractivity contribution is 5.64. The lowest BCUT2D eigenvalue weighted by Gasteiger charge is -2.09. The van der Waals surface area contributed by atoms with Gasteiger partial charge in [-0.25, -0.2) is 0 Å². The first kappa shape index (κ1) is 12.9. The predicted molar refractivity (Wildman–Crippen MR) is 72.1 cm³/mol. The summed E-state index contributed by atoms with van der Waals surface area (Å²) in [5.74, 6) is 1.36. The van der Waals surface area contributed by atoms with Gasteiger partial charge in [-0.05, 0) is 29.8 Å². The van der Waals surface area contributed by atoms with Crippen molar-refractivity contribution in [3.05, 3.63) is 42.1 Å². The van der Waals surface area contributed by atoms with E-state index in [0.29, 0.717) is 17.9 Å². The van der Waals surface area contributed by atoms with Crippen LogP contribution in [0, 0.1) is 11.3 Å². The maximum atomic E-state index is 8.62. The van der Waals surface area contributed by atoms with Crippen molar-refractivity contribution in [2.75, 3.05) is 14.2 Å². The molecule has 0 aliphatic rings. The molecule has 0 saturated heterocycles. The molecule has 0 fully saturated rings. The molecule has 0 amide bonds. The first-order valence-corrected chi connectivity index (χ1v) is 5.82. The molecule has 2 rings (SSSR count). The third-order valence-electron chi connectivity index (χ3n) is 2.79. The van der Waals surface area contributed by atoms with Gasteiger partial charge in [0.05, 0.1) is 32.4 Å². The van der Waals surface area contributed by atoms with Gasteiger partial charge in [-0.2, -0.15) is 5.26 Å². The van der Waals surface area contributed by atoms with Crippen molar-refractivity contribution < 1.29 is 9.47 Å². The summed E-state index contributed by atoms with van der Waals surface area (Å²) in [4.78, 5) is 4.35. The second kappa shape index (κ2) is 5.87. The number of hydrogen-bond acceptors (Lipinski definition) is 4. The van der Waals surface area contributed by atoms with E-state index in [1.807, 2.05) is 30.3 Å². The van der Waals surface area contributed by atoms with Gasteiger partial charge in [0.2, 0.25) is 0 Å². The number of aromatic nitrogens is 1. The van der Waals surface area contributed by atoms with Crippen LogP contribution in [-0.4, -0.2) is 19.2 Å². The lowest BCUT2D eigenvalue weighted by molar-refractivity contribution is 0.355. The Morgan fingerprint density at radius 2 is 1.89 bits per heavy atom. The van der Waals surface area contributed by atoms with Crippen molar-refractivity contribution in [2.45, 2.75) is 6.42 Å². The molecule has 0 radical (unpaired) electrons. The van der Waals surface area contributed by atoms with Crippen LogP contribution in [0.1, 0.15) is 5.56 Å². The van der Waals surface area contributed by atoms with Crippen LogP contribution in [0.4, 0.5) is 0 Å². The summed E-state index contributed by atoms with van der Waals surface area (Å²) in [5, 5.41) is 8.62. The number of benzene rings is 1. The summed E-state index contributed by atoms with van der Waals surface area (Å²) in [7, 11) is 3.21. The van der Waals surface area contributed by atoms with Gasteiger partial charge in [0.15, 0.2) is 11.5 Å². The van der Waals surface area contributed by atoms with Gasteiger partial charge < -0.3 is 9.47 Å². The Balaban J connectivity index is 2.34. The molecule has 1 heterocycles. The number of hydrogen-bond donors (Lipinski definition) is 0. The fraction of sp³-hybridized carbons (Fsp3) is 0.200. The highest BCUT2D eigenvalue weighted by Gasteiger charge is 2.07. The van der Waals surface area contributed by atoms with Crippen LogP contribution >= 0.6 is 0 Å². The molecule has 4 nitrogen and oxygen atoms in total. The topological polar surface area (TPSA) is 55.1 Å². The van der Waals surface area contributed by atoms with Crippen molar-refractivity contribution >= 4 is 0 Å². The standard InChI is InChI=1S/C15H14N2O2/c1-18-14-6-4-12(9-15(14)19-2)13-5-3-11(7-8-16)10-17-13/h3-6,9-10H,7H2,1-2H3. The number of pyridine rings is 1. The van der Waals surface area contributed by atoms with Crippen molar-refractivity contribution in [3.8, 4) is 28.8 Å². The van der Waals surface area contributed by atoms with Gasteiger partial charge in [0.25, 0.3) is 0 Å². The summed E-state index contributed by atoms with van der Waals surface area (Å²) in [5.41, 5.74) is 2.69. The first-order chi connectivity index (χ1) is 9.28. The average molecular weight is 254 g/mol. The van der Waals surface area contributed by atoms with Crippen molar-refractivity contribution in [1.29, 1.82) is 5.26 Å². The fourth-order valence-electron chi connectivity index (χ4n) is 1.79. The van der Waals surface area contributed by atoms with Crippen LogP contribution in [0.5, 0.6) is 11.5 Å². The van der Waals surface area contributed by atoms with Crippen molar-refractivity contribution in [2.24, 2.45) is 0 Å². The molecular weight excluding hydrogens is 240 g/mol. The summed E-state index contributed by atoms with van der Waals surface area (Å²) in [6.07, 6.45) is 2.09. The molecular formula is C15H14N2O2. The van der Waals surface area contributed by atoms with Crippen molar-refractivity contribution in [3.63, 3.8) is 0 Å². The van der Waals surface area contributed by atoms with E-state index in [9.17, 15) is 0 Å². The third-order valence-corrected chi connectivity index (χ3v) is 2.79. The molecule has 0 aliphatic carbocycles. The highest BCUT2D eigenvalue weighted by Crippen LogP contribution is 2.31.